The van der Waals surface area contributed by atoms with Crippen molar-refractivity contribution < 1.29 is 19.0 Å². The zero-order chi connectivity index (χ0) is 19.6. The van der Waals surface area contributed by atoms with Crippen molar-refractivity contribution >= 4 is 38.3 Å². The number of halogens is 1. The van der Waals surface area contributed by atoms with Gasteiger partial charge in [-0.1, -0.05) is 11.3 Å². The van der Waals surface area contributed by atoms with Gasteiger partial charge in [0, 0.05) is 26.2 Å². The Morgan fingerprint density at radius 3 is 2.26 bits per heavy atom. The average molecular weight is 457 g/mol. The molecule has 0 spiro atoms. The molecule has 1 aliphatic rings. The fourth-order valence-electron chi connectivity index (χ4n) is 2.96. The lowest BCUT2D eigenvalue weighted by Gasteiger charge is -2.34. The van der Waals surface area contributed by atoms with E-state index in [2.05, 4.69) is 31.0 Å². The molecule has 10 heteroatoms. The third-order valence-corrected chi connectivity index (χ3v) is 6.04. The van der Waals surface area contributed by atoms with Crippen molar-refractivity contribution in [3.05, 3.63) is 21.1 Å². The maximum atomic E-state index is 13.1. The van der Waals surface area contributed by atoms with Crippen molar-refractivity contribution in [2.75, 3.05) is 52.4 Å². The molecule has 8 nitrogen and oxygen atoms in total. The number of methoxy groups -OCH3 is 3. The molecule has 1 aromatic carbocycles. The van der Waals surface area contributed by atoms with Crippen molar-refractivity contribution in [1.82, 2.24) is 15.1 Å². The summed E-state index contributed by atoms with van der Waals surface area (Å²) < 4.78 is 16.7. The molecule has 0 aliphatic carbocycles. The minimum atomic E-state index is -0.0887. The van der Waals surface area contributed by atoms with E-state index >= 15 is 0 Å². The van der Waals surface area contributed by atoms with Crippen LogP contribution in [-0.4, -0.2) is 68.5 Å². The van der Waals surface area contributed by atoms with Crippen LogP contribution in [0.2, 0.25) is 0 Å². The van der Waals surface area contributed by atoms with Crippen LogP contribution in [-0.2, 0) is 0 Å². The number of nitrogens with zero attached hydrogens (tertiary/aromatic N) is 4. The van der Waals surface area contributed by atoms with E-state index in [1.165, 1.54) is 21.3 Å². The lowest BCUT2D eigenvalue weighted by Crippen LogP contribution is -2.48. The largest absolute Gasteiger partial charge is 0.493 e. The van der Waals surface area contributed by atoms with Crippen molar-refractivity contribution in [1.29, 1.82) is 0 Å². The Kier molecular flexibility index (Phi) is 6.05. The van der Waals surface area contributed by atoms with Crippen molar-refractivity contribution in [2.45, 2.75) is 6.92 Å². The summed E-state index contributed by atoms with van der Waals surface area (Å²) in [6, 6.07) is 1.67. The first-order valence-corrected chi connectivity index (χ1v) is 9.93. The Bertz CT molecular complexity index is 837. The fourth-order valence-corrected chi connectivity index (χ4v) is 4.33. The van der Waals surface area contributed by atoms with E-state index in [9.17, 15) is 4.79 Å². The number of benzene rings is 1. The predicted molar refractivity (Wildman–Crippen MR) is 107 cm³/mol. The summed E-state index contributed by atoms with van der Waals surface area (Å²) in [4.78, 5) is 17.1. The number of hydrogen-bond donors (Lipinski definition) is 0. The Balaban J connectivity index is 1.80. The molecule has 1 aromatic heterocycles. The highest BCUT2D eigenvalue weighted by atomic mass is 79.9. The standard InChI is InChI=1S/C17H21BrN4O4S/c1-10-19-20-17(27-10)22-7-5-21(6-8-22)16(23)11-9-12(24-2)14(25-3)15(26-4)13(11)18/h9H,5-8H2,1-4H3. The third kappa shape index (κ3) is 3.81. The number of carbonyl (C=O) groups excluding carboxylic acids is 1. The zero-order valence-corrected chi connectivity index (χ0v) is 18.0. The quantitative estimate of drug-likeness (QED) is 0.683. The highest BCUT2D eigenvalue weighted by Gasteiger charge is 2.28. The number of piperazine rings is 1. The first kappa shape index (κ1) is 19.7. The Morgan fingerprint density at radius 1 is 1.07 bits per heavy atom. The number of carbonyl (C=O) groups is 1. The second-order valence-electron chi connectivity index (χ2n) is 5.89. The molecule has 2 aromatic rings. The molecule has 3 rings (SSSR count). The first-order valence-electron chi connectivity index (χ1n) is 8.33. The maximum absolute atomic E-state index is 13.1. The van der Waals surface area contributed by atoms with E-state index in [4.69, 9.17) is 14.2 Å². The van der Waals surface area contributed by atoms with Crippen molar-refractivity contribution in [2.24, 2.45) is 0 Å². The number of ether oxygens (including phenoxy) is 3. The molecule has 1 aliphatic heterocycles. The van der Waals surface area contributed by atoms with Gasteiger partial charge in [-0.05, 0) is 28.9 Å². The number of aryl methyl sites for hydroxylation is 1. The van der Waals surface area contributed by atoms with Crippen LogP contribution in [0.3, 0.4) is 0 Å². The fraction of sp³-hybridized carbons (Fsp3) is 0.471. The van der Waals surface area contributed by atoms with E-state index in [1.54, 1.807) is 17.4 Å². The smallest absolute Gasteiger partial charge is 0.255 e. The van der Waals surface area contributed by atoms with Gasteiger partial charge in [-0.3, -0.25) is 4.79 Å². The van der Waals surface area contributed by atoms with Crippen molar-refractivity contribution in [3.63, 3.8) is 0 Å². The molecule has 2 heterocycles. The van der Waals surface area contributed by atoms with Crippen LogP contribution in [0.1, 0.15) is 15.4 Å². The molecule has 1 fully saturated rings. The SMILES string of the molecule is COc1cc(C(=O)N2CCN(c3nnc(C)s3)CC2)c(Br)c(OC)c1OC. The molecule has 0 unspecified atom stereocenters. The zero-order valence-electron chi connectivity index (χ0n) is 15.6. The second-order valence-corrected chi connectivity index (χ2v) is 7.84. The van der Waals surface area contributed by atoms with E-state index < -0.39 is 0 Å². The molecule has 1 amide bonds. The van der Waals surface area contributed by atoms with Crippen LogP contribution < -0.4 is 19.1 Å². The van der Waals surface area contributed by atoms with Gasteiger partial charge in [-0.15, -0.1) is 10.2 Å². The second kappa shape index (κ2) is 8.30. The van der Waals surface area contributed by atoms with Gasteiger partial charge in [0.25, 0.3) is 5.91 Å². The summed E-state index contributed by atoms with van der Waals surface area (Å²) in [5.74, 6) is 1.24. The monoisotopic (exact) mass is 456 g/mol. The average Bonchev–Trinajstić information content (AvgIpc) is 3.13. The Labute approximate surface area is 170 Å². The van der Waals surface area contributed by atoms with Gasteiger partial charge in [0.2, 0.25) is 10.9 Å². The van der Waals surface area contributed by atoms with Gasteiger partial charge in [-0.25, -0.2) is 0 Å². The van der Waals surface area contributed by atoms with E-state index in [-0.39, 0.29) is 5.91 Å². The van der Waals surface area contributed by atoms with Crippen LogP contribution >= 0.6 is 27.3 Å². The highest BCUT2D eigenvalue weighted by molar-refractivity contribution is 9.10. The van der Waals surface area contributed by atoms with E-state index in [0.717, 1.165) is 10.1 Å². The van der Waals surface area contributed by atoms with E-state index in [1.807, 2.05) is 11.8 Å². The number of hydrogen-bond acceptors (Lipinski definition) is 8. The van der Waals surface area contributed by atoms with Crippen LogP contribution in [0.5, 0.6) is 17.2 Å². The molecular weight excluding hydrogens is 436 g/mol. The minimum Gasteiger partial charge on any atom is -0.493 e. The molecule has 0 N–H and O–H groups in total. The predicted octanol–water partition coefficient (Wildman–Crippen LogP) is 2.60. The van der Waals surface area contributed by atoms with Crippen LogP contribution in [0.4, 0.5) is 5.13 Å². The molecule has 0 radical (unpaired) electrons. The summed E-state index contributed by atoms with van der Waals surface area (Å²) in [5, 5.41) is 10.1. The minimum absolute atomic E-state index is 0.0887. The lowest BCUT2D eigenvalue weighted by molar-refractivity contribution is 0.0745. The van der Waals surface area contributed by atoms with Crippen LogP contribution in [0.25, 0.3) is 0 Å². The Hall–Kier alpha value is -2.07. The third-order valence-electron chi connectivity index (χ3n) is 4.35. The molecule has 0 atom stereocenters. The van der Waals surface area contributed by atoms with Crippen LogP contribution in [0.15, 0.2) is 10.5 Å². The summed E-state index contributed by atoms with van der Waals surface area (Å²) in [6.07, 6.45) is 0. The highest BCUT2D eigenvalue weighted by Crippen LogP contribution is 2.45. The summed E-state index contributed by atoms with van der Waals surface area (Å²) in [5.41, 5.74) is 0.477. The van der Waals surface area contributed by atoms with Gasteiger partial charge in [-0.2, -0.15) is 0 Å². The molecule has 1 saturated heterocycles. The Morgan fingerprint density at radius 2 is 1.74 bits per heavy atom. The van der Waals surface area contributed by atoms with Gasteiger partial charge >= 0.3 is 0 Å². The van der Waals surface area contributed by atoms with Gasteiger partial charge < -0.3 is 24.0 Å². The topological polar surface area (TPSA) is 77.0 Å². The molecule has 146 valence electrons. The molecule has 27 heavy (non-hydrogen) atoms. The molecular formula is C17H21BrN4O4S. The van der Waals surface area contributed by atoms with Gasteiger partial charge in [0.1, 0.15) is 5.01 Å². The summed E-state index contributed by atoms with van der Waals surface area (Å²) >= 11 is 5.04. The normalized spacial score (nSPS) is 14.3. The van der Waals surface area contributed by atoms with Crippen LogP contribution in [0, 0.1) is 6.92 Å². The molecule has 0 bridgehead atoms. The summed E-state index contributed by atoms with van der Waals surface area (Å²) in [7, 11) is 4.59. The first-order chi connectivity index (χ1) is 13.0. The number of aromatic nitrogens is 2. The van der Waals surface area contributed by atoms with Gasteiger partial charge in [0.05, 0.1) is 31.4 Å². The maximum Gasteiger partial charge on any atom is 0.255 e. The molecule has 0 saturated carbocycles. The number of anilines is 1. The summed E-state index contributed by atoms with van der Waals surface area (Å²) in [6.45, 7) is 4.55. The van der Waals surface area contributed by atoms with Gasteiger partial charge in [0.15, 0.2) is 11.5 Å². The van der Waals surface area contributed by atoms with Crippen molar-refractivity contribution in [3.8, 4) is 17.2 Å². The van der Waals surface area contributed by atoms with E-state index in [0.29, 0.717) is 53.5 Å². The number of amides is 1. The number of rotatable bonds is 5. The lowest BCUT2D eigenvalue weighted by atomic mass is 10.1.